The number of benzene rings is 1. The fraction of sp³-hybridized carbons (Fsp3) is 0.438. The minimum atomic E-state index is 0. The molecule has 0 aliphatic heterocycles. The van der Waals surface area contributed by atoms with Crippen molar-refractivity contribution in [3.8, 4) is 11.1 Å². The molecule has 0 fully saturated rings. The van der Waals surface area contributed by atoms with E-state index in [2.05, 4.69) is 62.7 Å². The first-order valence-corrected chi connectivity index (χ1v) is 6.78. The Morgan fingerprint density at radius 3 is 2.32 bits per heavy atom. The molecule has 1 aromatic carbocycles. The molecule has 0 spiro atoms. The molecule has 106 valence electrons. The van der Waals surface area contributed by atoms with Gasteiger partial charge in [-0.05, 0) is 32.8 Å². The van der Waals surface area contributed by atoms with E-state index < -0.39 is 0 Å². The predicted octanol–water partition coefficient (Wildman–Crippen LogP) is 4.39. The Kier molecular flexibility index (Phi) is 6.00. The summed E-state index contributed by atoms with van der Waals surface area (Å²) < 4.78 is 2.18. The van der Waals surface area contributed by atoms with E-state index in [1.165, 1.54) is 16.8 Å². The predicted molar refractivity (Wildman–Crippen MR) is 76.8 cm³/mol. The first kappa shape index (κ1) is 16.2. The van der Waals surface area contributed by atoms with Gasteiger partial charge in [0.15, 0.2) is 0 Å². The van der Waals surface area contributed by atoms with Crippen molar-refractivity contribution in [1.82, 2.24) is 9.78 Å². The second-order valence-corrected chi connectivity index (χ2v) is 5.06. The van der Waals surface area contributed by atoms with Gasteiger partial charge in [-0.25, -0.2) is 0 Å². The summed E-state index contributed by atoms with van der Waals surface area (Å²) in [5.74, 6) is 0. The van der Waals surface area contributed by atoms with Crippen LogP contribution in [-0.4, -0.2) is 9.78 Å². The van der Waals surface area contributed by atoms with Crippen LogP contribution in [0.15, 0.2) is 30.3 Å². The summed E-state index contributed by atoms with van der Waals surface area (Å²) >= 11 is 0. The molecule has 0 amide bonds. The van der Waals surface area contributed by atoms with Crippen molar-refractivity contribution >= 4 is 0 Å². The Morgan fingerprint density at radius 2 is 1.79 bits per heavy atom. The molecule has 0 saturated carbocycles. The van der Waals surface area contributed by atoms with E-state index in [9.17, 15) is 0 Å². The quantitative estimate of drug-likeness (QED) is 0.694. The molecule has 3 heteroatoms. The SMILES string of the molecule is CCCc1c(-c2ccccc2)c(C)nn1C(C)C.[Pt]. The Bertz CT molecular complexity index is 515. The second-order valence-electron chi connectivity index (χ2n) is 5.06. The molecule has 2 nitrogen and oxygen atoms in total. The molecule has 0 atom stereocenters. The van der Waals surface area contributed by atoms with Gasteiger partial charge in [0.25, 0.3) is 0 Å². The van der Waals surface area contributed by atoms with Crippen molar-refractivity contribution in [2.24, 2.45) is 0 Å². The van der Waals surface area contributed by atoms with Crippen molar-refractivity contribution in [1.29, 1.82) is 0 Å². The molecule has 0 bridgehead atoms. The van der Waals surface area contributed by atoms with Crippen LogP contribution in [0.5, 0.6) is 0 Å². The zero-order valence-electron chi connectivity index (χ0n) is 12.1. The Balaban J connectivity index is 0.00000180. The van der Waals surface area contributed by atoms with Crippen molar-refractivity contribution in [3.63, 3.8) is 0 Å². The van der Waals surface area contributed by atoms with Gasteiger partial charge < -0.3 is 0 Å². The Morgan fingerprint density at radius 1 is 1.16 bits per heavy atom. The standard InChI is InChI=1S/C16H22N2.Pt/c1-5-9-15-16(14-10-7-6-8-11-14)13(4)17-18(15)12(2)3;/h6-8,10-12H,5,9H2,1-4H3;. The van der Waals surface area contributed by atoms with Crippen LogP contribution in [0.25, 0.3) is 11.1 Å². The number of hydrogen-bond acceptors (Lipinski definition) is 1. The van der Waals surface area contributed by atoms with Crippen molar-refractivity contribution in [2.75, 3.05) is 0 Å². The average molecular weight is 437 g/mol. The molecule has 1 heterocycles. The molecule has 0 aliphatic rings. The van der Waals surface area contributed by atoms with Crippen LogP contribution in [-0.2, 0) is 27.5 Å². The molecular formula is C16H22N2Pt. The Labute approximate surface area is 130 Å². The van der Waals surface area contributed by atoms with Gasteiger partial charge in [-0.15, -0.1) is 0 Å². The van der Waals surface area contributed by atoms with Gasteiger partial charge in [-0.3, -0.25) is 4.68 Å². The number of hydrogen-bond donors (Lipinski definition) is 0. The number of aryl methyl sites for hydroxylation is 1. The van der Waals surface area contributed by atoms with Gasteiger partial charge in [0, 0.05) is 38.4 Å². The molecule has 1 aromatic heterocycles. The van der Waals surface area contributed by atoms with Crippen LogP contribution in [0, 0.1) is 6.92 Å². The molecular weight excluding hydrogens is 415 g/mol. The monoisotopic (exact) mass is 437 g/mol. The average Bonchev–Trinajstić information content (AvgIpc) is 2.68. The van der Waals surface area contributed by atoms with Gasteiger partial charge in [-0.2, -0.15) is 5.10 Å². The molecule has 0 saturated heterocycles. The van der Waals surface area contributed by atoms with Crippen LogP contribution in [0.4, 0.5) is 0 Å². The topological polar surface area (TPSA) is 17.8 Å². The van der Waals surface area contributed by atoms with E-state index >= 15 is 0 Å². The van der Waals surface area contributed by atoms with E-state index in [1.807, 2.05) is 0 Å². The third kappa shape index (κ3) is 3.36. The molecule has 0 unspecified atom stereocenters. The smallest absolute Gasteiger partial charge is 0.0675 e. The molecule has 2 rings (SSSR count). The van der Waals surface area contributed by atoms with Gasteiger partial charge in [-0.1, -0.05) is 43.7 Å². The van der Waals surface area contributed by atoms with Gasteiger partial charge in [0.2, 0.25) is 0 Å². The summed E-state index contributed by atoms with van der Waals surface area (Å²) in [4.78, 5) is 0. The third-order valence-corrected chi connectivity index (χ3v) is 3.22. The van der Waals surface area contributed by atoms with E-state index in [0.29, 0.717) is 6.04 Å². The van der Waals surface area contributed by atoms with Crippen molar-refractivity contribution in [3.05, 3.63) is 41.7 Å². The van der Waals surface area contributed by atoms with E-state index in [-0.39, 0.29) is 21.1 Å². The van der Waals surface area contributed by atoms with Gasteiger partial charge in [0.1, 0.15) is 0 Å². The first-order chi connectivity index (χ1) is 8.65. The molecule has 0 N–H and O–H groups in total. The summed E-state index contributed by atoms with van der Waals surface area (Å²) in [6.45, 7) is 8.73. The Hall–Kier alpha value is -0.882. The molecule has 19 heavy (non-hydrogen) atoms. The van der Waals surface area contributed by atoms with E-state index in [1.54, 1.807) is 0 Å². The normalized spacial score (nSPS) is 10.6. The summed E-state index contributed by atoms with van der Waals surface area (Å²) in [6, 6.07) is 11.0. The van der Waals surface area contributed by atoms with E-state index in [0.717, 1.165) is 18.5 Å². The van der Waals surface area contributed by atoms with Crippen LogP contribution in [0.2, 0.25) is 0 Å². The van der Waals surface area contributed by atoms with Gasteiger partial charge >= 0.3 is 0 Å². The maximum Gasteiger partial charge on any atom is 0.0675 e. The van der Waals surface area contributed by atoms with Crippen LogP contribution >= 0.6 is 0 Å². The van der Waals surface area contributed by atoms with E-state index in [4.69, 9.17) is 5.10 Å². The largest absolute Gasteiger partial charge is 0.266 e. The minimum absolute atomic E-state index is 0. The summed E-state index contributed by atoms with van der Waals surface area (Å²) in [5, 5.41) is 4.72. The summed E-state index contributed by atoms with van der Waals surface area (Å²) in [7, 11) is 0. The first-order valence-electron chi connectivity index (χ1n) is 6.78. The summed E-state index contributed by atoms with van der Waals surface area (Å²) in [6.07, 6.45) is 2.24. The number of nitrogens with zero attached hydrogens (tertiary/aromatic N) is 2. The fourth-order valence-electron chi connectivity index (χ4n) is 2.48. The maximum atomic E-state index is 4.72. The molecule has 0 radical (unpaired) electrons. The van der Waals surface area contributed by atoms with Crippen molar-refractivity contribution in [2.45, 2.75) is 46.6 Å². The number of aromatic nitrogens is 2. The maximum absolute atomic E-state index is 4.72. The van der Waals surface area contributed by atoms with Crippen LogP contribution in [0.3, 0.4) is 0 Å². The number of rotatable bonds is 4. The van der Waals surface area contributed by atoms with Crippen molar-refractivity contribution < 1.29 is 21.1 Å². The summed E-state index contributed by atoms with van der Waals surface area (Å²) in [5.41, 5.74) is 5.12. The zero-order valence-corrected chi connectivity index (χ0v) is 14.4. The minimum Gasteiger partial charge on any atom is -0.266 e. The van der Waals surface area contributed by atoms with Crippen LogP contribution < -0.4 is 0 Å². The van der Waals surface area contributed by atoms with Gasteiger partial charge in [0.05, 0.1) is 5.69 Å². The zero-order chi connectivity index (χ0) is 13.1. The third-order valence-electron chi connectivity index (χ3n) is 3.22. The fourth-order valence-corrected chi connectivity index (χ4v) is 2.48. The molecule has 2 aromatic rings. The van der Waals surface area contributed by atoms with Crippen LogP contribution in [0.1, 0.15) is 44.6 Å². The molecule has 0 aliphatic carbocycles. The second kappa shape index (κ2) is 7.05.